The number of aromatic nitrogens is 2. The van der Waals surface area contributed by atoms with Crippen molar-refractivity contribution in [3.05, 3.63) is 60.3 Å². The summed E-state index contributed by atoms with van der Waals surface area (Å²) in [6.07, 6.45) is 4.01. The minimum absolute atomic E-state index is 0.263. The van der Waals surface area contributed by atoms with Gasteiger partial charge in [0.25, 0.3) is 0 Å². The fraction of sp³-hybridized carbons (Fsp3) is 0.200. The van der Waals surface area contributed by atoms with Gasteiger partial charge in [0, 0.05) is 30.2 Å². The van der Waals surface area contributed by atoms with E-state index in [0.717, 1.165) is 42.4 Å². The van der Waals surface area contributed by atoms with Crippen LogP contribution >= 0.6 is 0 Å². The third-order valence-electron chi connectivity index (χ3n) is 4.66. The molecule has 2 aliphatic heterocycles. The molecule has 130 valence electrons. The van der Waals surface area contributed by atoms with Gasteiger partial charge >= 0.3 is 0 Å². The van der Waals surface area contributed by atoms with Gasteiger partial charge in [-0.05, 0) is 42.7 Å². The first-order valence-electron chi connectivity index (χ1n) is 8.72. The quantitative estimate of drug-likeness (QED) is 0.772. The Bertz CT molecular complexity index is 960. The summed E-state index contributed by atoms with van der Waals surface area (Å²) in [5.74, 6) is 2.95. The van der Waals surface area contributed by atoms with Gasteiger partial charge in [0.2, 0.25) is 12.7 Å². The molecule has 1 aromatic heterocycles. The van der Waals surface area contributed by atoms with E-state index < -0.39 is 0 Å². The van der Waals surface area contributed by atoms with Crippen molar-refractivity contribution >= 4 is 23.1 Å². The van der Waals surface area contributed by atoms with Crippen molar-refractivity contribution in [1.82, 2.24) is 9.97 Å². The van der Waals surface area contributed by atoms with E-state index >= 15 is 0 Å². The first-order valence-corrected chi connectivity index (χ1v) is 8.72. The molecule has 6 nitrogen and oxygen atoms in total. The number of rotatable bonds is 3. The monoisotopic (exact) mass is 346 g/mol. The third-order valence-corrected chi connectivity index (χ3v) is 4.66. The molecule has 3 heterocycles. The van der Waals surface area contributed by atoms with Gasteiger partial charge in [-0.25, -0.2) is 4.98 Å². The topological polar surface area (TPSA) is 59.5 Å². The predicted molar refractivity (Wildman–Crippen MR) is 99.6 cm³/mol. The fourth-order valence-corrected chi connectivity index (χ4v) is 3.43. The molecule has 26 heavy (non-hydrogen) atoms. The zero-order chi connectivity index (χ0) is 17.3. The number of para-hydroxylation sites is 1. The second-order valence-corrected chi connectivity index (χ2v) is 6.32. The van der Waals surface area contributed by atoms with E-state index in [4.69, 9.17) is 14.5 Å². The van der Waals surface area contributed by atoms with Crippen molar-refractivity contribution in [3.63, 3.8) is 0 Å². The van der Waals surface area contributed by atoms with Crippen LogP contribution in [0, 0.1) is 0 Å². The maximum atomic E-state index is 5.42. The van der Waals surface area contributed by atoms with Crippen LogP contribution in [0.3, 0.4) is 0 Å². The lowest BCUT2D eigenvalue weighted by Crippen LogP contribution is -2.25. The number of benzene rings is 2. The van der Waals surface area contributed by atoms with Gasteiger partial charge in [-0.3, -0.25) is 0 Å². The Labute approximate surface area is 151 Å². The van der Waals surface area contributed by atoms with Crippen LogP contribution in [-0.2, 0) is 6.42 Å². The minimum atomic E-state index is 0.263. The molecule has 1 N–H and O–H groups in total. The second kappa shape index (κ2) is 6.22. The molecule has 0 fully saturated rings. The van der Waals surface area contributed by atoms with Gasteiger partial charge in [0.1, 0.15) is 5.82 Å². The summed E-state index contributed by atoms with van der Waals surface area (Å²) >= 11 is 0. The van der Waals surface area contributed by atoms with E-state index in [-0.39, 0.29) is 6.79 Å². The Hall–Kier alpha value is -3.28. The molecule has 0 spiro atoms. The predicted octanol–water partition coefficient (Wildman–Crippen LogP) is 4.03. The third kappa shape index (κ3) is 2.69. The second-order valence-electron chi connectivity index (χ2n) is 6.32. The maximum Gasteiger partial charge on any atom is 0.231 e. The molecule has 0 atom stereocenters. The summed E-state index contributed by atoms with van der Waals surface area (Å²) < 4.78 is 10.8. The van der Waals surface area contributed by atoms with Crippen LogP contribution in [0.15, 0.2) is 54.7 Å². The highest BCUT2D eigenvalue weighted by molar-refractivity contribution is 5.67. The number of hydrogen-bond acceptors (Lipinski definition) is 6. The molecular formula is C20H18N4O2. The summed E-state index contributed by atoms with van der Waals surface area (Å²) in [6, 6.07) is 16.2. The molecule has 0 saturated heterocycles. The Morgan fingerprint density at radius 1 is 1.00 bits per heavy atom. The number of nitrogens with one attached hydrogen (secondary N) is 1. The summed E-state index contributed by atoms with van der Waals surface area (Å²) in [4.78, 5) is 11.3. The van der Waals surface area contributed by atoms with Crippen LogP contribution in [0.4, 0.5) is 23.1 Å². The van der Waals surface area contributed by atoms with Gasteiger partial charge in [-0.15, -0.1) is 0 Å². The van der Waals surface area contributed by atoms with E-state index in [1.165, 1.54) is 11.3 Å². The van der Waals surface area contributed by atoms with Crippen molar-refractivity contribution in [1.29, 1.82) is 0 Å². The average Bonchev–Trinajstić information content (AvgIpc) is 3.16. The lowest BCUT2D eigenvalue weighted by molar-refractivity contribution is 0.174. The van der Waals surface area contributed by atoms with E-state index in [0.29, 0.717) is 5.95 Å². The Kier molecular flexibility index (Phi) is 3.59. The van der Waals surface area contributed by atoms with Gasteiger partial charge in [0.05, 0.1) is 0 Å². The summed E-state index contributed by atoms with van der Waals surface area (Å²) in [6.45, 7) is 1.22. The number of fused-ring (bicyclic) bond motifs is 2. The molecule has 0 radical (unpaired) electrons. The van der Waals surface area contributed by atoms with E-state index in [9.17, 15) is 0 Å². The normalized spacial score (nSPS) is 14.8. The Balaban J connectivity index is 1.43. The van der Waals surface area contributed by atoms with Gasteiger partial charge in [-0.2, -0.15) is 4.98 Å². The maximum absolute atomic E-state index is 5.42. The smallest absolute Gasteiger partial charge is 0.231 e. The Morgan fingerprint density at radius 3 is 2.92 bits per heavy atom. The molecule has 0 unspecified atom stereocenters. The van der Waals surface area contributed by atoms with Crippen LogP contribution in [0.25, 0.3) is 0 Å². The summed E-state index contributed by atoms with van der Waals surface area (Å²) in [5, 5.41) is 3.25. The SMILES string of the molecule is c1ccc2c(c1)CCCN2c1ccnc(Nc2ccc3c(c2)OCO3)n1. The molecule has 0 saturated carbocycles. The molecule has 6 heteroatoms. The van der Waals surface area contributed by atoms with Crippen molar-refractivity contribution < 1.29 is 9.47 Å². The number of anilines is 4. The number of ether oxygens (including phenoxy) is 2. The first-order chi connectivity index (χ1) is 12.9. The lowest BCUT2D eigenvalue weighted by atomic mass is 10.0. The molecule has 0 amide bonds. The highest BCUT2D eigenvalue weighted by Crippen LogP contribution is 2.35. The summed E-state index contributed by atoms with van der Waals surface area (Å²) in [5.41, 5.74) is 3.46. The molecule has 0 aliphatic carbocycles. The minimum Gasteiger partial charge on any atom is -0.454 e. The highest BCUT2D eigenvalue weighted by Gasteiger charge is 2.19. The largest absolute Gasteiger partial charge is 0.454 e. The zero-order valence-electron chi connectivity index (χ0n) is 14.2. The molecule has 2 aromatic carbocycles. The average molecular weight is 346 g/mol. The molecule has 0 bridgehead atoms. The number of nitrogens with zero attached hydrogens (tertiary/aromatic N) is 3. The molecule has 2 aliphatic rings. The highest BCUT2D eigenvalue weighted by atomic mass is 16.7. The number of aryl methyl sites for hydroxylation is 1. The zero-order valence-corrected chi connectivity index (χ0v) is 14.2. The Morgan fingerprint density at radius 2 is 1.92 bits per heavy atom. The van der Waals surface area contributed by atoms with Gasteiger partial charge in [0.15, 0.2) is 11.5 Å². The van der Waals surface area contributed by atoms with Crippen LogP contribution in [0.1, 0.15) is 12.0 Å². The first kappa shape index (κ1) is 15.0. The van der Waals surface area contributed by atoms with Crippen LogP contribution in [0.2, 0.25) is 0 Å². The van der Waals surface area contributed by atoms with Crippen molar-refractivity contribution in [2.45, 2.75) is 12.8 Å². The van der Waals surface area contributed by atoms with Crippen LogP contribution in [-0.4, -0.2) is 23.3 Å². The van der Waals surface area contributed by atoms with Crippen molar-refractivity contribution in [3.8, 4) is 11.5 Å². The number of hydrogen-bond donors (Lipinski definition) is 1. The van der Waals surface area contributed by atoms with E-state index in [2.05, 4.69) is 39.5 Å². The lowest BCUT2D eigenvalue weighted by Gasteiger charge is -2.30. The van der Waals surface area contributed by atoms with E-state index in [1.807, 2.05) is 24.3 Å². The van der Waals surface area contributed by atoms with Crippen molar-refractivity contribution in [2.24, 2.45) is 0 Å². The van der Waals surface area contributed by atoms with Gasteiger partial charge in [-0.1, -0.05) is 18.2 Å². The summed E-state index contributed by atoms with van der Waals surface area (Å²) in [7, 11) is 0. The molecule has 5 rings (SSSR count). The standard InChI is InChI=1S/C20H18N4O2/c1-2-6-16-14(4-1)5-3-11-24(16)19-9-10-21-20(23-19)22-15-7-8-17-18(12-15)26-13-25-17/h1-2,4,6-10,12H,3,5,11,13H2,(H,21,22,23). The van der Waals surface area contributed by atoms with Crippen LogP contribution < -0.4 is 19.7 Å². The fourth-order valence-electron chi connectivity index (χ4n) is 3.43. The molecular weight excluding hydrogens is 328 g/mol. The van der Waals surface area contributed by atoms with Crippen molar-refractivity contribution in [2.75, 3.05) is 23.6 Å². The van der Waals surface area contributed by atoms with Gasteiger partial charge < -0.3 is 19.7 Å². The van der Waals surface area contributed by atoms with E-state index in [1.54, 1.807) is 6.20 Å². The molecule has 3 aromatic rings. The van der Waals surface area contributed by atoms with Crippen LogP contribution in [0.5, 0.6) is 11.5 Å².